The quantitative estimate of drug-likeness (QED) is 0.640. The summed E-state index contributed by atoms with van der Waals surface area (Å²) in [4.78, 5) is 20.0. The zero-order valence-corrected chi connectivity index (χ0v) is 11.9. The van der Waals surface area contributed by atoms with Crippen LogP contribution in [0.25, 0.3) is 0 Å². The maximum atomic E-state index is 11.4. The van der Waals surface area contributed by atoms with Crippen LogP contribution in [0.15, 0.2) is 6.20 Å². The van der Waals surface area contributed by atoms with E-state index in [4.69, 9.17) is 5.73 Å². The molecule has 0 unspecified atom stereocenters. The summed E-state index contributed by atoms with van der Waals surface area (Å²) in [7, 11) is 0. The van der Waals surface area contributed by atoms with Crippen LogP contribution < -0.4 is 16.4 Å². The van der Waals surface area contributed by atoms with Gasteiger partial charge in [-0.3, -0.25) is 4.79 Å². The van der Waals surface area contributed by atoms with Gasteiger partial charge in [0.1, 0.15) is 5.82 Å². The predicted octanol–water partition coefficient (Wildman–Crippen LogP) is 0.865. The summed E-state index contributed by atoms with van der Waals surface area (Å²) in [5.41, 5.74) is 5.68. The highest BCUT2D eigenvalue weighted by molar-refractivity contribution is 5.97. The average molecular weight is 291 g/mol. The number of anilines is 2. The number of rotatable bonds is 5. The fourth-order valence-corrected chi connectivity index (χ4v) is 2.57. The van der Waals surface area contributed by atoms with Crippen molar-refractivity contribution in [1.29, 1.82) is 0 Å². The summed E-state index contributed by atoms with van der Waals surface area (Å²) < 4.78 is 0. The number of amides is 1. The van der Waals surface area contributed by atoms with Crippen molar-refractivity contribution in [3.05, 3.63) is 11.8 Å². The van der Waals surface area contributed by atoms with E-state index in [9.17, 15) is 9.90 Å². The van der Waals surface area contributed by atoms with Crippen LogP contribution >= 0.6 is 0 Å². The molecule has 0 spiro atoms. The largest absolute Gasteiger partial charge is 0.393 e. The van der Waals surface area contributed by atoms with Gasteiger partial charge < -0.3 is 21.5 Å². The second-order valence-electron chi connectivity index (χ2n) is 5.89. The van der Waals surface area contributed by atoms with Gasteiger partial charge in [0, 0.05) is 18.3 Å². The van der Waals surface area contributed by atoms with Crippen molar-refractivity contribution in [1.82, 2.24) is 9.97 Å². The molecular weight excluding hydrogens is 270 g/mol. The number of primary amides is 1. The molecule has 1 aromatic rings. The van der Waals surface area contributed by atoms with Crippen LogP contribution in [0.2, 0.25) is 0 Å². The lowest BCUT2D eigenvalue weighted by Crippen LogP contribution is -2.29. The lowest BCUT2D eigenvalue weighted by molar-refractivity contribution is 0.100. The van der Waals surface area contributed by atoms with E-state index in [-0.39, 0.29) is 12.1 Å². The highest BCUT2D eigenvalue weighted by Crippen LogP contribution is 2.26. The van der Waals surface area contributed by atoms with E-state index >= 15 is 0 Å². The minimum Gasteiger partial charge on any atom is -0.393 e. The SMILES string of the molecule is NC(=O)c1cnc(NC2CCC(O)CC2)nc1NC1CC1. The molecule has 0 bridgehead atoms. The first-order chi connectivity index (χ1) is 10.1. The highest BCUT2D eigenvalue weighted by Gasteiger charge is 2.25. The number of nitrogens with one attached hydrogen (secondary N) is 2. The predicted molar refractivity (Wildman–Crippen MR) is 79.1 cm³/mol. The molecule has 0 aromatic carbocycles. The first-order valence-corrected chi connectivity index (χ1v) is 7.50. The molecule has 5 N–H and O–H groups in total. The molecule has 114 valence electrons. The zero-order valence-electron chi connectivity index (χ0n) is 11.9. The molecule has 2 fully saturated rings. The molecule has 0 saturated heterocycles. The fourth-order valence-electron chi connectivity index (χ4n) is 2.57. The number of carbonyl (C=O) groups is 1. The van der Waals surface area contributed by atoms with E-state index in [0.717, 1.165) is 38.5 Å². The van der Waals surface area contributed by atoms with Crippen molar-refractivity contribution >= 4 is 17.7 Å². The Morgan fingerprint density at radius 2 is 1.76 bits per heavy atom. The number of hydrogen-bond donors (Lipinski definition) is 4. The molecule has 1 heterocycles. The monoisotopic (exact) mass is 291 g/mol. The molecule has 7 heteroatoms. The molecule has 1 amide bonds. The third kappa shape index (κ3) is 3.60. The lowest BCUT2D eigenvalue weighted by Gasteiger charge is -2.26. The average Bonchev–Trinajstić information content (AvgIpc) is 3.25. The van der Waals surface area contributed by atoms with Gasteiger partial charge in [0.05, 0.1) is 11.7 Å². The molecule has 0 aliphatic heterocycles. The number of aliphatic hydroxyl groups is 1. The Kier molecular flexibility index (Phi) is 3.92. The van der Waals surface area contributed by atoms with E-state index in [0.29, 0.717) is 23.4 Å². The maximum Gasteiger partial charge on any atom is 0.254 e. The van der Waals surface area contributed by atoms with Crippen LogP contribution in [0.5, 0.6) is 0 Å². The number of nitrogens with zero attached hydrogens (tertiary/aromatic N) is 2. The molecule has 0 radical (unpaired) electrons. The molecule has 0 atom stereocenters. The Balaban J connectivity index is 1.71. The number of aliphatic hydroxyl groups excluding tert-OH is 1. The maximum absolute atomic E-state index is 11.4. The third-order valence-corrected chi connectivity index (χ3v) is 4.00. The number of hydrogen-bond acceptors (Lipinski definition) is 6. The molecular formula is C14H21N5O2. The Morgan fingerprint density at radius 1 is 1.14 bits per heavy atom. The summed E-state index contributed by atoms with van der Waals surface area (Å²) in [5, 5.41) is 16.0. The van der Waals surface area contributed by atoms with Crippen molar-refractivity contribution in [3.63, 3.8) is 0 Å². The minimum atomic E-state index is -0.523. The van der Waals surface area contributed by atoms with Gasteiger partial charge in [-0.15, -0.1) is 0 Å². The first kappa shape index (κ1) is 14.1. The van der Waals surface area contributed by atoms with E-state index in [1.165, 1.54) is 6.20 Å². The van der Waals surface area contributed by atoms with Gasteiger partial charge in [-0.1, -0.05) is 0 Å². The van der Waals surface area contributed by atoms with Gasteiger partial charge in [0.25, 0.3) is 5.91 Å². The van der Waals surface area contributed by atoms with Crippen LogP contribution in [-0.4, -0.2) is 39.2 Å². The van der Waals surface area contributed by atoms with Gasteiger partial charge in [-0.05, 0) is 38.5 Å². The molecule has 21 heavy (non-hydrogen) atoms. The van der Waals surface area contributed by atoms with Crippen molar-refractivity contribution in [2.24, 2.45) is 5.73 Å². The van der Waals surface area contributed by atoms with Gasteiger partial charge in [-0.25, -0.2) is 4.98 Å². The second-order valence-corrected chi connectivity index (χ2v) is 5.89. The van der Waals surface area contributed by atoms with Crippen LogP contribution in [-0.2, 0) is 0 Å². The minimum absolute atomic E-state index is 0.187. The number of nitrogens with two attached hydrogens (primary N) is 1. The summed E-state index contributed by atoms with van der Waals surface area (Å²) in [5.74, 6) is 0.494. The van der Waals surface area contributed by atoms with Gasteiger partial charge >= 0.3 is 0 Å². The molecule has 3 rings (SSSR count). The number of carbonyl (C=O) groups excluding carboxylic acids is 1. The topological polar surface area (TPSA) is 113 Å². The lowest BCUT2D eigenvalue weighted by atomic mass is 9.93. The highest BCUT2D eigenvalue weighted by atomic mass is 16.3. The summed E-state index contributed by atoms with van der Waals surface area (Å²) in [6.07, 6.45) is 6.85. The standard InChI is InChI=1S/C14H21N5O2/c15-12(21)11-7-16-14(19-13(11)17-8-1-2-8)18-9-3-5-10(20)6-4-9/h7-10,20H,1-6H2,(H2,15,21)(H2,16,17,18,19). The van der Waals surface area contributed by atoms with E-state index in [1.807, 2.05) is 0 Å². The van der Waals surface area contributed by atoms with Gasteiger partial charge in [0.15, 0.2) is 0 Å². The van der Waals surface area contributed by atoms with Crippen molar-refractivity contribution in [3.8, 4) is 0 Å². The Hall–Kier alpha value is -1.89. The van der Waals surface area contributed by atoms with Gasteiger partial charge in [-0.2, -0.15) is 4.98 Å². The van der Waals surface area contributed by atoms with Crippen LogP contribution in [0.3, 0.4) is 0 Å². The smallest absolute Gasteiger partial charge is 0.254 e. The Labute approximate surface area is 123 Å². The Bertz CT molecular complexity index is 524. The van der Waals surface area contributed by atoms with Crippen molar-refractivity contribution in [2.75, 3.05) is 10.6 Å². The van der Waals surface area contributed by atoms with E-state index in [2.05, 4.69) is 20.6 Å². The fraction of sp³-hybridized carbons (Fsp3) is 0.643. The zero-order chi connectivity index (χ0) is 14.8. The number of aromatic nitrogens is 2. The summed E-state index contributed by atoms with van der Waals surface area (Å²) in [6.45, 7) is 0. The van der Waals surface area contributed by atoms with Crippen LogP contribution in [0, 0.1) is 0 Å². The molecule has 2 aliphatic rings. The molecule has 1 aromatic heterocycles. The summed E-state index contributed by atoms with van der Waals surface area (Å²) in [6, 6.07) is 0.650. The molecule has 2 saturated carbocycles. The second kappa shape index (κ2) is 5.85. The molecule has 7 nitrogen and oxygen atoms in total. The van der Waals surface area contributed by atoms with Crippen LogP contribution in [0.4, 0.5) is 11.8 Å². The van der Waals surface area contributed by atoms with Gasteiger partial charge in [0.2, 0.25) is 5.95 Å². The first-order valence-electron chi connectivity index (χ1n) is 7.50. The van der Waals surface area contributed by atoms with Crippen molar-refractivity contribution < 1.29 is 9.90 Å². The third-order valence-electron chi connectivity index (χ3n) is 4.00. The summed E-state index contributed by atoms with van der Waals surface area (Å²) >= 11 is 0. The van der Waals surface area contributed by atoms with E-state index < -0.39 is 5.91 Å². The van der Waals surface area contributed by atoms with Crippen molar-refractivity contribution in [2.45, 2.75) is 56.7 Å². The van der Waals surface area contributed by atoms with E-state index in [1.54, 1.807) is 0 Å². The Morgan fingerprint density at radius 3 is 2.38 bits per heavy atom. The van der Waals surface area contributed by atoms with Crippen LogP contribution in [0.1, 0.15) is 48.9 Å². The molecule has 2 aliphatic carbocycles. The normalized spacial score (nSPS) is 25.4.